The molecule has 1 aliphatic carbocycles. The molecule has 0 aromatic rings. The molecule has 130 valence electrons. The number of hydrogen-bond acceptors (Lipinski definition) is 3. The average molecular weight is 425 g/mol. The molecule has 0 aromatic carbocycles. The van der Waals surface area contributed by atoms with Crippen molar-refractivity contribution in [2.24, 2.45) is 10.9 Å². The molecule has 0 bridgehead atoms. The highest BCUT2D eigenvalue weighted by molar-refractivity contribution is 14.0. The molecule has 5 nitrogen and oxygen atoms in total. The van der Waals surface area contributed by atoms with E-state index in [-0.39, 0.29) is 24.0 Å². The Hall–Kier alpha value is -0.0800. The molecule has 1 saturated carbocycles. The van der Waals surface area contributed by atoms with Gasteiger partial charge in [-0.1, -0.05) is 12.8 Å². The number of ether oxygens (including phenoxy) is 2. The first-order valence-electron chi connectivity index (χ1n) is 8.40. The Balaban J connectivity index is 0.00000242. The van der Waals surface area contributed by atoms with E-state index >= 15 is 0 Å². The lowest BCUT2D eigenvalue weighted by Crippen LogP contribution is -2.42. The van der Waals surface area contributed by atoms with Gasteiger partial charge in [-0.05, 0) is 25.7 Å². The Kier molecular flexibility index (Phi) is 10.4. The number of hydrogen-bond donors (Lipinski definition) is 1. The first-order chi connectivity index (χ1) is 10.3. The Morgan fingerprint density at radius 1 is 1.32 bits per heavy atom. The van der Waals surface area contributed by atoms with Crippen molar-refractivity contribution >= 4 is 29.9 Å². The summed E-state index contributed by atoms with van der Waals surface area (Å²) >= 11 is 0. The highest BCUT2D eigenvalue weighted by Crippen LogP contribution is 2.20. The van der Waals surface area contributed by atoms with Crippen LogP contribution in [-0.2, 0) is 9.47 Å². The summed E-state index contributed by atoms with van der Waals surface area (Å²) in [5.74, 6) is 1.61. The van der Waals surface area contributed by atoms with Gasteiger partial charge in [-0.3, -0.25) is 4.99 Å². The Morgan fingerprint density at radius 3 is 2.73 bits per heavy atom. The van der Waals surface area contributed by atoms with Gasteiger partial charge in [0.15, 0.2) is 5.96 Å². The molecule has 2 rings (SSSR count). The summed E-state index contributed by atoms with van der Waals surface area (Å²) in [6.45, 7) is 4.58. The van der Waals surface area contributed by atoms with Crippen LogP contribution in [0.15, 0.2) is 4.99 Å². The summed E-state index contributed by atoms with van der Waals surface area (Å²) in [7, 11) is 3.95. The molecule has 1 saturated heterocycles. The van der Waals surface area contributed by atoms with Crippen LogP contribution in [0.1, 0.15) is 38.5 Å². The van der Waals surface area contributed by atoms with Gasteiger partial charge in [0.25, 0.3) is 0 Å². The van der Waals surface area contributed by atoms with E-state index < -0.39 is 0 Å². The topological polar surface area (TPSA) is 46.1 Å². The van der Waals surface area contributed by atoms with Crippen molar-refractivity contribution in [2.45, 2.75) is 44.6 Å². The molecule has 22 heavy (non-hydrogen) atoms. The van der Waals surface area contributed by atoms with E-state index in [0.717, 1.165) is 51.7 Å². The Bertz CT molecular complexity index is 317. The third kappa shape index (κ3) is 7.00. The van der Waals surface area contributed by atoms with E-state index in [1.807, 2.05) is 7.05 Å². The molecule has 0 spiro atoms. The fourth-order valence-corrected chi connectivity index (χ4v) is 3.16. The minimum absolute atomic E-state index is 0. The van der Waals surface area contributed by atoms with Gasteiger partial charge < -0.3 is 19.7 Å². The lowest BCUT2D eigenvalue weighted by atomic mass is 10.1. The van der Waals surface area contributed by atoms with Gasteiger partial charge in [0, 0.05) is 46.3 Å². The molecule has 0 aromatic heterocycles. The summed E-state index contributed by atoms with van der Waals surface area (Å²) in [5.41, 5.74) is 0. The van der Waals surface area contributed by atoms with Gasteiger partial charge in [0.05, 0.1) is 12.7 Å². The van der Waals surface area contributed by atoms with Crippen molar-refractivity contribution in [1.29, 1.82) is 0 Å². The number of aliphatic imine (C=N–C) groups is 1. The summed E-state index contributed by atoms with van der Waals surface area (Å²) in [6, 6.07) is 0. The van der Waals surface area contributed by atoms with Crippen LogP contribution in [0.25, 0.3) is 0 Å². The summed E-state index contributed by atoms with van der Waals surface area (Å²) in [6.07, 6.45) is 7.90. The third-order valence-electron chi connectivity index (χ3n) is 4.39. The second-order valence-corrected chi connectivity index (χ2v) is 6.21. The number of rotatable bonds is 7. The van der Waals surface area contributed by atoms with Gasteiger partial charge in [0.1, 0.15) is 0 Å². The second kappa shape index (κ2) is 11.5. The minimum atomic E-state index is 0. The van der Waals surface area contributed by atoms with Crippen LogP contribution < -0.4 is 5.32 Å². The number of nitrogens with zero attached hydrogens (tertiary/aromatic N) is 2. The van der Waals surface area contributed by atoms with Crippen LogP contribution in [0.2, 0.25) is 0 Å². The van der Waals surface area contributed by atoms with Crippen LogP contribution in [-0.4, -0.2) is 64.0 Å². The molecule has 1 unspecified atom stereocenters. The lowest BCUT2D eigenvalue weighted by Gasteiger charge is -2.24. The van der Waals surface area contributed by atoms with Crippen molar-refractivity contribution in [2.75, 3.05) is 47.0 Å². The van der Waals surface area contributed by atoms with Crippen LogP contribution >= 0.6 is 24.0 Å². The maximum atomic E-state index is 5.88. The van der Waals surface area contributed by atoms with Crippen LogP contribution in [0.5, 0.6) is 0 Å². The van der Waals surface area contributed by atoms with Crippen molar-refractivity contribution in [1.82, 2.24) is 10.2 Å². The monoisotopic (exact) mass is 425 g/mol. The zero-order valence-corrected chi connectivity index (χ0v) is 16.4. The van der Waals surface area contributed by atoms with Gasteiger partial charge in [-0.25, -0.2) is 0 Å². The van der Waals surface area contributed by atoms with Crippen LogP contribution in [0, 0.1) is 5.92 Å². The van der Waals surface area contributed by atoms with E-state index in [4.69, 9.17) is 9.47 Å². The molecular formula is C16H32IN3O2. The molecule has 1 atom stereocenters. The lowest BCUT2D eigenvalue weighted by molar-refractivity contribution is 0.0573. The highest BCUT2D eigenvalue weighted by atomic mass is 127. The standard InChI is InChI=1S/C16H31N3O2.HI/c1-17-16(19(2)12-14-8-11-20-13-14)18-9-5-10-21-15-6-3-4-7-15;/h14-15H,3-13H2,1-2H3,(H,17,18);1H. The van der Waals surface area contributed by atoms with Gasteiger partial charge in [-0.15, -0.1) is 24.0 Å². The Labute approximate surface area is 152 Å². The quantitative estimate of drug-likeness (QED) is 0.295. The van der Waals surface area contributed by atoms with Crippen LogP contribution in [0.4, 0.5) is 0 Å². The molecule has 0 amide bonds. The van der Waals surface area contributed by atoms with E-state index in [9.17, 15) is 0 Å². The normalized spacial score (nSPS) is 22.6. The number of halogens is 1. The van der Waals surface area contributed by atoms with Crippen molar-refractivity contribution in [3.8, 4) is 0 Å². The van der Waals surface area contributed by atoms with Crippen molar-refractivity contribution < 1.29 is 9.47 Å². The van der Waals surface area contributed by atoms with Crippen LogP contribution in [0.3, 0.4) is 0 Å². The first kappa shape index (κ1) is 20.0. The fraction of sp³-hybridized carbons (Fsp3) is 0.938. The van der Waals surface area contributed by atoms with Gasteiger partial charge in [0.2, 0.25) is 0 Å². The Morgan fingerprint density at radius 2 is 2.09 bits per heavy atom. The van der Waals surface area contributed by atoms with E-state index in [1.165, 1.54) is 25.7 Å². The zero-order valence-electron chi connectivity index (χ0n) is 14.1. The predicted octanol–water partition coefficient (Wildman–Crippen LogP) is 2.50. The molecule has 1 heterocycles. The van der Waals surface area contributed by atoms with Gasteiger partial charge >= 0.3 is 0 Å². The van der Waals surface area contributed by atoms with Crippen molar-refractivity contribution in [3.05, 3.63) is 0 Å². The number of guanidine groups is 1. The molecule has 1 N–H and O–H groups in total. The van der Waals surface area contributed by atoms with E-state index in [0.29, 0.717) is 12.0 Å². The maximum Gasteiger partial charge on any atom is 0.193 e. The smallest absolute Gasteiger partial charge is 0.193 e. The minimum Gasteiger partial charge on any atom is -0.381 e. The molecule has 1 aliphatic heterocycles. The molecule has 2 fully saturated rings. The summed E-state index contributed by atoms with van der Waals surface area (Å²) < 4.78 is 11.3. The van der Waals surface area contributed by atoms with E-state index in [2.05, 4.69) is 22.3 Å². The van der Waals surface area contributed by atoms with Crippen molar-refractivity contribution in [3.63, 3.8) is 0 Å². The molecule has 2 aliphatic rings. The predicted molar refractivity (Wildman–Crippen MR) is 101 cm³/mol. The SMILES string of the molecule is CN=C(NCCCOC1CCCC1)N(C)CC1CCOC1.I. The fourth-order valence-electron chi connectivity index (χ4n) is 3.16. The molecular weight excluding hydrogens is 393 g/mol. The molecule has 0 radical (unpaired) electrons. The molecule has 6 heteroatoms. The summed E-state index contributed by atoms with van der Waals surface area (Å²) in [5, 5.41) is 3.42. The average Bonchev–Trinajstić information content (AvgIpc) is 3.16. The van der Waals surface area contributed by atoms with Gasteiger partial charge in [-0.2, -0.15) is 0 Å². The largest absolute Gasteiger partial charge is 0.381 e. The highest BCUT2D eigenvalue weighted by Gasteiger charge is 2.19. The maximum absolute atomic E-state index is 5.88. The summed E-state index contributed by atoms with van der Waals surface area (Å²) in [4.78, 5) is 6.56. The third-order valence-corrected chi connectivity index (χ3v) is 4.39. The second-order valence-electron chi connectivity index (χ2n) is 6.21. The zero-order chi connectivity index (χ0) is 14.9. The number of nitrogens with one attached hydrogen (secondary N) is 1. The van der Waals surface area contributed by atoms with E-state index in [1.54, 1.807) is 0 Å². The first-order valence-corrected chi connectivity index (χ1v) is 8.40.